The lowest BCUT2D eigenvalue weighted by molar-refractivity contribution is -0.143. The SMILES string of the molecule is CC1=C(C(=O)OC(C)C)[C@@H](c2ccoc2)n2ncnc2N1. The molecule has 0 unspecified atom stereocenters. The van der Waals surface area contributed by atoms with Crippen molar-refractivity contribution in [3.8, 4) is 0 Å². The van der Waals surface area contributed by atoms with Gasteiger partial charge >= 0.3 is 5.97 Å². The predicted molar refractivity (Wildman–Crippen MR) is 74.4 cm³/mol. The Labute approximate surface area is 121 Å². The summed E-state index contributed by atoms with van der Waals surface area (Å²) >= 11 is 0. The number of esters is 1. The molecule has 7 heteroatoms. The lowest BCUT2D eigenvalue weighted by atomic mass is 9.98. The molecule has 0 spiro atoms. The normalized spacial score (nSPS) is 17.6. The highest BCUT2D eigenvalue weighted by atomic mass is 16.5. The van der Waals surface area contributed by atoms with Crippen molar-refractivity contribution in [2.45, 2.75) is 32.9 Å². The van der Waals surface area contributed by atoms with E-state index in [4.69, 9.17) is 9.15 Å². The van der Waals surface area contributed by atoms with E-state index in [1.807, 2.05) is 20.8 Å². The molecule has 0 bridgehead atoms. The fourth-order valence-electron chi connectivity index (χ4n) is 2.37. The van der Waals surface area contributed by atoms with Crippen LogP contribution in [0.15, 0.2) is 40.6 Å². The Morgan fingerprint density at radius 2 is 2.33 bits per heavy atom. The van der Waals surface area contributed by atoms with E-state index >= 15 is 0 Å². The summed E-state index contributed by atoms with van der Waals surface area (Å²) in [6, 6.07) is 1.39. The average molecular weight is 288 g/mol. The molecule has 7 nitrogen and oxygen atoms in total. The molecule has 0 aromatic carbocycles. The molecular formula is C14H16N4O3. The van der Waals surface area contributed by atoms with Gasteiger partial charge in [-0.05, 0) is 26.8 Å². The third-order valence-electron chi connectivity index (χ3n) is 3.22. The molecule has 0 radical (unpaired) electrons. The second kappa shape index (κ2) is 5.08. The first-order valence-corrected chi connectivity index (χ1v) is 6.68. The molecule has 0 amide bonds. The number of anilines is 1. The molecule has 21 heavy (non-hydrogen) atoms. The van der Waals surface area contributed by atoms with Crippen LogP contribution in [0.5, 0.6) is 0 Å². The van der Waals surface area contributed by atoms with Crippen molar-refractivity contribution in [2.24, 2.45) is 0 Å². The van der Waals surface area contributed by atoms with Gasteiger partial charge in [-0.2, -0.15) is 10.1 Å². The smallest absolute Gasteiger partial charge is 0.338 e. The maximum atomic E-state index is 12.4. The van der Waals surface area contributed by atoms with Crippen LogP contribution in [-0.4, -0.2) is 26.8 Å². The molecule has 0 fully saturated rings. The summed E-state index contributed by atoms with van der Waals surface area (Å²) in [5.74, 6) is 0.210. The summed E-state index contributed by atoms with van der Waals surface area (Å²) in [5.41, 5.74) is 2.02. The van der Waals surface area contributed by atoms with E-state index in [1.165, 1.54) is 6.33 Å². The summed E-state index contributed by atoms with van der Waals surface area (Å²) in [6.07, 6.45) is 4.41. The largest absolute Gasteiger partial charge is 0.472 e. The van der Waals surface area contributed by atoms with Crippen molar-refractivity contribution in [3.05, 3.63) is 41.8 Å². The molecule has 2 aromatic rings. The second-order valence-corrected chi connectivity index (χ2v) is 5.11. The number of carbonyl (C=O) groups excluding carboxylic acids is 1. The van der Waals surface area contributed by atoms with Crippen molar-refractivity contribution in [3.63, 3.8) is 0 Å². The molecule has 1 aliphatic heterocycles. The highest BCUT2D eigenvalue weighted by molar-refractivity contribution is 5.92. The van der Waals surface area contributed by atoms with E-state index in [2.05, 4.69) is 15.4 Å². The molecule has 1 aliphatic rings. The van der Waals surface area contributed by atoms with E-state index in [0.717, 1.165) is 5.56 Å². The van der Waals surface area contributed by atoms with E-state index < -0.39 is 6.04 Å². The van der Waals surface area contributed by atoms with Crippen LogP contribution in [0, 0.1) is 0 Å². The van der Waals surface area contributed by atoms with Crippen LogP contribution in [0.2, 0.25) is 0 Å². The van der Waals surface area contributed by atoms with Gasteiger partial charge in [0.2, 0.25) is 5.95 Å². The monoisotopic (exact) mass is 288 g/mol. The first kappa shape index (κ1) is 13.4. The molecule has 3 heterocycles. The van der Waals surface area contributed by atoms with Gasteiger partial charge in [0.05, 0.1) is 24.2 Å². The zero-order chi connectivity index (χ0) is 15.0. The van der Waals surface area contributed by atoms with Crippen LogP contribution in [0.25, 0.3) is 0 Å². The van der Waals surface area contributed by atoms with Gasteiger partial charge in [0, 0.05) is 11.3 Å². The fraction of sp³-hybridized carbons (Fsp3) is 0.357. The minimum absolute atomic E-state index is 0.194. The number of fused-ring (bicyclic) bond motifs is 1. The zero-order valence-corrected chi connectivity index (χ0v) is 12.0. The number of hydrogen-bond donors (Lipinski definition) is 1. The predicted octanol–water partition coefficient (Wildman–Crippen LogP) is 2.11. The van der Waals surface area contributed by atoms with Gasteiger partial charge in [-0.15, -0.1) is 0 Å². The number of nitrogens with zero attached hydrogens (tertiary/aromatic N) is 3. The third-order valence-corrected chi connectivity index (χ3v) is 3.22. The third kappa shape index (κ3) is 2.31. The maximum Gasteiger partial charge on any atom is 0.338 e. The maximum absolute atomic E-state index is 12.4. The Morgan fingerprint density at radius 1 is 1.52 bits per heavy atom. The molecule has 110 valence electrons. The van der Waals surface area contributed by atoms with E-state index in [9.17, 15) is 4.79 Å². The molecule has 1 atom stereocenters. The number of carbonyl (C=O) groups is 1. The van der Waals surface area contributed by atoms with Gasteiger partial charge < -0.3 is 14.5 Å². The lowest BCUT2D eigenvalue weighted by Crippen LogP contribution is -2.30. The zero-order valence-electron chi connectivity index (χ0n) is 12.0. The molecule has 0 saturated carbocycles. The fourth-order valence-corrected chi connectivity index (χ4v) is 2.37. The van der Waals surface area contributed by atoms with Gasteiger partial charge in [-0.3, -0.25) is 0 Å². The molecule has 0 saturated heterocycles. The summed E-state index contributed by atoms with van der Waals surface area (Å²) in [5, 5.41) is 7.27. The van der Waals surface area contributed by atoms with Crippen LogP contribution in [0.4, 0.5) is 5.95 Å². The van der Waals surface area contributed by atoms with Crippen LogP contribution in [-0.2, 0) is 9.53 Å². The minimum Gasteiger partial charge on any atom is -0.472 e. The Morgan fingerprint density at radius 3 is 3.00 bits per heavy atom. The van der Waals surface area contributed by atoms with Crippen molar-refractivity contribution < 1.29 is 13.9 Å². The van der Waals surface area contributed by atoms with Crippen molar-refractivity contribution >= 4 is 11.9 Å². The quantitative estimate of drug-likeness (QED) is 0.871. The Bertz CT molecular complexity index is 685. The summed E-state index contributed by atoms with van der Waals surface area (Å²) in [4.78, 5) is 16.6. The van der Waals surface area contributed by atoms with Gasteiger partial charge in [0.15, 0.2) is 0 Å². The number of furan rings is 1. The lowest BCUT2D eigenvalue weighted by Gasteiger charge is -2.27. The Hall–Kier alpha value is -2.57. The number of allylic oxidation sites excluding steroid dienone is 1. The van der Waals surface area contributed by atoms with Gasteiger partial charge in [0.1, 0.15) is 12.4 Å². The summed E-state index contributed by atoms with van der Waals surface area (Å²) in [7, 11) is 0. The summed E-state index contributed by atoms with van der Waals surface area (Å²) in [6.45, 7) is 5.46. The first-order chi connectivity index (χ1) is 10.1. The van der Waals surface area contributed by atoms with Gasteiger partial charge in [0.25, 0.3) is 0 Å². The van der Waals surface area contributed by atoms with Crippen LogP contribution >= 0.6 is 0 Å². The number of aromatic nitrogens is 3. The van der Waals surface area contributed by atoms with Gasteiger partial charge in [-0.1, -0.05) is 0 Å². The summed E-state index contributed by atoms with van der Waals surface area (Å²) < 4.78 is 12.1. The van der Waals surface area contributed by atoms with Crippen molar-refractivity contribution in [1.82, 2.24) is 14.8 Å². The molecule has 2 aromatic heterocycles. The van der Waals surface area contributed by atoms with Crippen molar-refractivity contribution in [1.29, 1.82) is 0 Å². The average Bonchev–Trinajstić information content (AvgIpc) is 3.06. The number of ether oxygens (including phenoxy) is 1. The van der Waals surface area contributed by atoms with E-state index in [-0.39, 0.29) is 12.1 Å². The highest BCUT2D eigenvalue weighted by Gasteiger charge is 2.35. The molecule has 1 N–H and O–H groups in total. The van der Waals surface area contributed by atoms with E-state index in [1.54, 1.807) is 23.3 Å². The standard InChI is InChI=1S/C14H16N4O3/c1-8(2)21-13(19)11-9(3)17-14-15-7-16-18(14)12(11)10-4-5-20-6-10/h4-8,12H,1-3H3,(H,15,16,17)/t12-/m1/s1. The topological polar surface area (TPSA) is 82.2 Å². The Balaban J connectivity index is 2.08. The molecule has 0 aliphatic carbocycles. The van der Waals surface area contributed by atoms with Crippen LogP contribution in [0.1, 0.15) is 32.4 Å². The number of nitrogens with one attached hydrogen (secondary N) is 1. The number of rotatable bonds is 3. The van der Waals surface area contributed by atoms with Crippen LogP contribution < -0.4 is 5.32 Å². The molecular weight excluding hydrogens is 272 g/mol. The second-order valence-electron chi connectivity index (χ2n) is 5.11. The Kier molecular flexibility index (Phi) is 3.25. The van der Waals surface area contributed by atoms with Gasteiger partial charge in [-0.25, -0.2) is 9.48 Å². The molecule has 3 rings (SSSR count). The minimum atomic E-state index is -0.409. The highest BCUT2D eigenvalue weighted by Crippen LogP contribution is 2.35. The van der Waals surface area contributed by atoms with Crippen molar-refractivity contribution in [2.75, 3.05) is 5.32 Å². The van der Waals surface area contributed by atoms with E-state index in [0.29, 0.717) is 17.2 Å². The van der Waals surface area contributed by atoms with Crippen LogP contribution in [0.3, 0.4) is 0 Å². The number of hydrogen-bond acceptors (Lipinski definition) is 6. The first-order valence-electron chi connectivity index (χ1n) is 6.68.